The summed E-state index contributed by atoms with van der Waals surface area (Å²) in [5, 5.41) is 3.94. The summed E-state index contributed by atoms with van der Waals surface area (Å²) < 4.78 is 9.84. The summed E-state index contributed by atoms with van der Waals surface area (Å²) in [7, 11) is 1.34. The summed E-state index contributed by atoms with van der Waals surface area (Å²) in [6, 6.07) is 6.90. The number of hydrogen-bond acceptors (Lipinski definition) is 8. The molecule has 3 aromatic rings. The Morgan fingerprint density at radius 2 is 2.04 bits per heavy atom. The molecule has 0 spiro atoms. The fourth-order valence-electron chi connectivity index (χ4n) is 2.54. The molecule has 0 bridgehead atoms. The van der Waals surface area contributed by atoms with E-state index in [0.29, 0.717) is 33.4 Å². The summed E-state index contributed by atoms with van der Waals surface area (Å²) in [6.45, 7) is 3.91. The molecule has 0 aliphatic carbocycles. The first-order chi connectivity index (χ1) is 12.5. The number of rotatable bonds is 5. The lowest BCUT2D eigenvalue weighted by Crippen LogP contribution is -2.04. The van der Waals surface area contributed by atoms with Gasteiger partial charge in [0.05, 0.1) is 24.7 Å². The van der Waals surface area contributed by atoms with E-state index >= 15 is 0 Å². The van der Waals surface area contributed by atoms with Crippen LogP contribution < -0.4 is 5.32 Å². The van der Waals surface area contributed by atoms with Gasteiger partial charge in [-0.05, 0) is 37.6 Å². The van der Waals surface area contributed by atoms with Crippen molar-refractivity contribution in [3.63, 3.8) is 0 Å². The van der Waals surface area contributed by atoms with Gasteiger partial charge >= 0.3 is 11.9 Å². The van der Waals surface area contributed by atoms with Crippen LogP contribution in [-0.4, -0.2) is 35.6 Å². The van der Waals surface area contributed by atoms with Crippen molar-refractivity contribution in [2.75, 3.05) is 19.0 Å². The fourth-order valence-corrected chi connectivity index (χ4v) is 3.58. The third kappa shape index (κ3) is 3.36. The molecule has 3 rings (SSSR count). The van der Waals surface area contributed by atoms with Crippen molar-refractivity contribution in [1.29, 1.82) is 0 Å². The van der Waals surface area contributed by atoms with Crippen molar-refractivity contribution in [3.8, 4) is 0 Å². The predicted octanol–water partition coefficient (Wildman–Crippen LogP) is 3.71. The van der Waals surface area contributed by atoms with E-state index in [9.17, 15) is 9.59 Å². The van der Waals surface area contributed by atoms with Gasteiger partial charge in [-0.15, -0.1) is 11.3 Å². The highest BCUT2D eigenvalue weighted by atomic mass is 32.1. The summed E-state index contributed by atoms with van der Waals surface area (Å²) in [5.41, 5.74) is 1.86. The monoisotopic (exact) mass is 371 g/mol. The largest absolute Gasteiger partial charge is 0.465 e. The van der Waals surface area contributed by atoms with E-state index in [1.54, 1.807) is 25.1 Å². The molecule has 0 saturated carbocycles. The number of aryl methyl sites for hydroxylation is 1. The Bertz CT molecular complexity index is 984. The first-order valence-electron chi connectivity index (χ1n) is 7.91. The van der Waals surface area contributed by atoms with Crippen LogP contribution in [0.5, 0.6) is 0 Å². The Balaban J connectivity index is 2.01. The highest BCUT2D eigenvalue weighted by molar-refractivity contribution is 7.20. The number of carbonyl (C=O) groups excluding carboxylic acids is 2. The van der Waals surface area contributed by atoms with E-state index in [2.05, 4.69) is 15.3 Å². The molecule has 0 saturated heterocycles. The van der Waals surface area contributed by atoms with Crippen LogP contribution in [0, 0.1) is 6.92 Å². The molecular formula is C18H17N3O4S. The van der Waals surface area contributed by atoms with Gasteiger partial charge in [-0.1, -0.05) is 6.07 Å². The normalized spacial score (nSPS) is 10.6. The van der Waals surface area contributed by atoms with Crippen LogP contribution in [0.25, 0.3) is 10.2 Å². The maximum Gasteiger partial charge on any atom is 0.348 e. The lowest BCUT2D eigenvalue weighted by Gasteiger charge is -2.08. The number of ether oxygens (including phenoxy) is 2. The quantitative estimate of drug-likeness (QED) is 0.684. The molecule has 0 unspecified atom stereocenters. The maximum atomic E-state index is 12.1. The zero-order chi connectivity index (χ0) is 18.7. The predicted molar refractivity (Wildman–Crippen MR) is 99.2 cm³/mol. The second-order valence-electron chi connectivity index (χ2n) is 5.38. The van der Waals surface area contributed by atoms with Gasteiger partial charge in [0.25, 0.3) is 0 Å². The molecule has 1 aromatic carbocycles. The van der Waals surface area contributed by atoms with Gasteiger partial charge < -0.3 is 14.8 Å². The molecule has 26 heavy (non-hydrogen) atoms. The number of thiophene rings is 1. The molecule has 2 heterocycles. The van der Waals surface area contributed by atoms with Crippen molar-refractivity contribution in [2.24, 2.45) is 0 Å². The van der Waals surface area contributed by atoms with E-state index in [1.807, 2.05) is 13.0 Å². The highest BCUT2D eigenvalue weighted by Crippen LogP contribution is 2.34. The molecule has 1 N–H and O–H groups in total. The molecule has 0 aliphatic heterocycles. The van der Waals surface area contributed by atoms with Crippen LogP contribution >= 0.6 is 11.3 Å². The Labute approximate surface area is 154 Å². The van der Waals surface area contributed by atoms with E-state index < -0.39 is 5.97 Å². The van der Waals surface area contributed by atoms with Crippen molar-refractivity contribution >= 4 is 45.0 Å². The minimum Gasteiger partial charge on any atom is -0.465 e. The Morgan fingerprint density at radius 3 is 2.77 bits per heavy atom. The van der Waals surface area contributed by atoms with Crippen LogP contribution in [0.15, 0.2) is 30.6 Å². The zero-order valence-electron chi connectivity index (χ0n) is 14.5. The van der Waals surface area contributed by atoms with E-state index in [1.165, 1.54) is 24.8 Å². The molecule has 8 heteroatoms. The summed E-state index contributed by atoms with van der Waals surface area (Å²) in [4.78, 5) is 33.6. The number of methoxy groups -OCH3 is 1. The van der Waals surface area contributed by atoms with Crippen molar-refractivity contribution in [2.45, 2.75) is 13.8 Å². The molecule has 0 aliphatic rings. The number of nitrogens with one attached hydrogen (secondary N) is 1. The third-order valence-corrected chi connectivity index (χ3v) is 4.91. The van der Waals surface area contributed by atoms with Crippen LogP contribution in [0.4, 0.5) is 11.5 Å². The summed E-state index contributed by atoms with van der Waals surface area (Å²) >= 11 is 1.27. The second kappa shape index (κ2) is 7.49. The van der Waals surface area contributed by atoms with Gasteiger partial charge in [-0.25, -0.2) is 19.6 Å². The van der Waals surface area contributed by atoms with Crippen molar-refractivity contribution < 1.29 is 19.1 Å². The number of aromatic nitrogens is 2. The Hall–Kier alpha value is -3.00. The topological polar surface area (TPSA) is 90.4 Å². The number of esters is 2. The first kappa shape index (κ1) is 17.8. The van der Waals surface area contributed by atoms with Crippen LogP contribution in [-0.2, 0) is 9.47 Å². The van der Waals surface area contributed by atoms with Crippen LogP contribution in [0.2, 0.25) is 0 Å². The lowest BCUT2D eigenvalue weighted by atomic mass is 10.2. The van der Waals surface area contributed by atoms with Crippen molar-refractivity contribution in [1.82, 2.24) is 9.97 Å². The number of hydrogen-bond donors (Lipinski definition) is 1. The smallest absolute Gasteiger partial charge is 0.348 e. The first-order valence-corrected chi connectivity index (χ1v) is 8.73. The molecule has 7 nitrogen and oxygen atoms in total. The van der Waals surface area contributed by atoms with Gasteiger partial charge in [0, 0.05) is 5.69 Å². The number of benzene rings is 1. The zero-order valence-corrected chi connectivity index (χ0v) is 15.3. The Kier molecular flexibility index (Phi) is 5.13. The average molecular weight is 371 g/mol. The third-order valence-electron chi connectivity index (χ3n) is 3.73. The van der Waals surface area contributed by atoms with E-state index in [4.69, 9.17) is 9.47 Å². The van der Waals surface area contributed by atoms with Gasteiger partial charge in [-0.3, -0.25) is 0 Å². The SMILES string of the molecule is CCOC(=O)c1sc2ncnc(Nc3cccc(C(=O)OC)c3)c2c1C. The van der Waals surface area contributed by atoms with Gasteiger partial charge in [0.15, 0.2) is 0 Å². The van der Waals surface area contributed by atoms with Gasteiger partial charge in [0.2, 0.25) is 0 Å². The van der Waals surface area contributed by atoms with Crippen LogP contribution in [0.3, 0.4) is 0 Å². The summed E-state index contributed by atoms with van der Waals surface area (Å²) in [5.74, 6) is -0.231. The van der Waals surface area contributed by atoms with E-state index in [0.717, 1.165) is 10.9 Å². The van der Waals surface area contributed by atoms with Crippen LogP contribution in [0.1, 0.15) is 32.5 Å². The number of nitrogens with zero attached hydrogens (tertiary/aromatic N) is 2. The highest BCUT2D eigenvalue weighted by Gasteiger charge is 2.20. The van der Waals surface area contributed by atoms with Gasteiger partial charge in [-0.2, -0.15) is 0 Å². The maximum absolute atomic E-state index is 12.1. The lowest BCUT2D eigenvalue weighted by molar-refractivity contribution is 0.0530. The molecule has 0 atom stereocenters. The summed E-state index contributed by atoms with van der Waals surface area (Å²) in [6.07, 6.45) is 1.43. The minimum absolute atomic E-state index is 0.309. The molecule has 0 fully saturated rings. The molecule has 2 aromatic heterocycles. The number of anilines is 2. The van der Waals surface area contributed by atoms with Gasteiger partial charge in [0.1, 0.15) is 21.9 Å². The standard InChI is InChI=1S/C18H17N3O4S/c1-4-25-18(23)14-10(2)13-15(19-9-20-16(13)26-14)21-12-7-5-6-11(8-12)17(22)24-3/h5-9H,4H2,1-3H3,(H,19,20,21). The Morgan fingerprint density at radius 1 is 1.23 bits per heavy atom. The van der Waals surface area contributed by atoms with E-state index in [-0.39, 0.29) is 5.97 Å². The molecule has 0 amide bonds. The molecule has 0 radical (unpaired) electrons. The fraction of sp³-hybridized carbons (Fsp3) is 0.222. The number of carbonyl (C=O) groups is 2. The molecular weight excluding hydrogens is 354 g/mol. The minimum atomic E-state index is -0.419. The average Bonchev–Trinajstić information content (AvgIpc) is 2.99. The van der Waals surface area contributed by atoms with Crippen molar-refractivity contribution in [3.05, 3.63) is 46.6 Å². The number of fused-ring (bicyclic) bond motifs is 1. The molecule has 134 valence electrons. The second-order valence-corrected chi connectivity index (χ2v) is 6.38.